The van der Waals surface area contributed by atoms with E-state index >= 15 is 0 Å². The molecular formula is C20H24O10. The monoisotopic (exact) mass is 424 g/mol. The van der Waals surface area contributed by atoms with Gasteiger partial charge in [-0.15, -0.1) is 0 Å². The smallest absolute Gasteiger partial charge is 0.340 e. The van der Waals surface area contributed by atoms with Crippen LogP contribution >= 0.6 is 0 Å². The van der Waals surface area contributed by atoms with E-state index in [0.717, 1.165) is 0 Å². The minimum atomic E-state index is -1.87. The number of fused-ring (bicyclic) bond motifs is 1. The maximum absolute atomic E-state index is 13.3. The van der Waals surface area contributed by atoms with Gasteiger partial charge in [-0.3, -0.25) is 4.79 Å². The molecule has 2 aliphatic carbocycles. The van der Waals surface area contributed by atoms with Gasteiger partial charge in [-0.1, -0.05) is 20.8 Å². The van der Waals surface area contributed by atoms with Crippen molar-refractivity contribution in [2.24, 2.45) is 34.5 Å². The van der Waals surface area contributed by atoms with Crippen molar-refractivity contribution in [2.45, 2.75) is 69.6 Å². The molecule has 4 heterocycles. The number of aliphatic hydroxyl groups excluding tert-OH is 3. The Hall–Kier alpha value is -1.75. The molecule has 2 saturated carbocycles. The van der Waals surface area contributed by atoms with Gasteiger partial charge in [-0.2, -0.15) is 0 Å². The number of carbonyl (C=O) groups excluding carboxylic acids is 3. The van der Waals surface area contributed by atoms with Crippen LogP contribution in [0, 0.1) is 34.5 Å². The molecule has 3 N–H and O–H groups in total. The average Bonchev–Trinajstić information content (AvgIpc) is 3.37. The van der Waals surface area contributed by atoms with Gasteiger partial charge in [0, 0.05) is 5.92 Å². The molecule has 0 aromatic heterocycles. The van der Waals surface area contributed by atoms with Crippen molar-refractivity contribution in [3.8, 4) is 0 Å². The van der Waals surface area contributed by atoms with Gasteiger partial charge >= 0.3 is 17.9 Å². The Morgan fingerprint density at radius 2 is 1.73 bits per heavy atom. The van der Waals surface area contributed by atoms with Crippen LogP contribution in [0.15, 0.2) is 0 Å². The predicted molar refractivity (Wildman–Crippen MR) is 91.9 cm³/mol. The highest BCUT2D eigenvalue weighted by molar-refractivity contribution is 5.92. The van der Waals surface area contributed by atoms with Crippen LogP contribution < -0.4 is 0 Å². The Balaban J connectivity index is 1.67. The van der Waals surface area contributed by atoms with Crippen molar-refractivity contribution in [3.05, 3.63) is 0 Å². The first-order valence-electron chi connectivity index (χ1n) is 10.4. The number of ether oxygens (including phenoxy) is 4. The van der Waals surface area contributed by atoms with Crippen molar-refractivity contribution in [1.29, 1.82) is 0 Å². The lowest BCUT2D eigenvalue weighted by atomic mass is 9.53. The molecular weight excluding hydrogens is 400 g/mol. The molecule has 6 aliphatic rings. The molecule has 6 rings (SSSR count). The lowest BCUT2D eigenvalue weighted by molar-refractivity contribution is -0.206. The number of rotatable bonds is 2. The lowest BCUT2D eigenvalue weighted by Gasteiger charge is -2.44. The van der Waals surface area contributed by atoms with E-state index in [1.807, 2.05) is 13.8 Å². The molecule has 10 heteroatoms. The highest BCUT2D eigenvalue weighted by atomic mass is 16.7. The minimum Gasteiger partial charge on any atom is -0.459 e. The summed E-state index contributed by atoms with van der Waals surface area (Å²) in [6.07, 6.45) is -7.76. The number of carbonyl (C=O) groups is 3. The van der Waals surface area contributed by atoms with E-state index in [1.165, 1.54) is 0 Å². The van der Waals surface area contributed by atoms with Crippen molar-refractivity contribution in [1.82, 2.24) is 0 Å². The van der Waals surface area contributed by atoms with Crippen LogP contribution in [0.5, 0.6) is 0 Å². The molecule has 0 radical (unpaired) electrons. The summed E-state index contributed by atoms with van der Waals surface area (Å²) in [6, 6.07) is 0. The minimum absolute atomic E-state index is 0.0540. The third kappa shape index (κ3) is 1.45. The van der Waals surface area contributed by atoms with Crippen molar-refractivity contribution in [2.75, 3.05) is 0 Å². The van der Waals surface area contributed by atoms with Gasteiger partial charge in [-0.25, -0.2) is 9.59 Å². The fourth-order valence-electron chi connectivity index (χ4n) is 8.04. The van der Waals surface area contributed by atoms with Crippen LogP contribution in [0.2, 0.25) is 0 Å². The van der Waals surface area contributed by atoms with Crippen LogP contribution in [0.3, 0.4) is 0 Å². The van der Waals surface area contributed by atoms with Crippen molar-refractivity contribution in [3.63, 3.8) is 0 Å². The molecule has 10 nitrogen and oxygen atoms in total. The molecule has 2 spiro atoms. The van der Waals surface area contributed by atoms with E-state index in [4.69, 9.17) is 18.9 Å². The standard InChI is InChI=1S/C20H24O10/c1-5(2)4-7-9(21)13-19-11(22)10-8(6(3)14(24)27-10)20(19,16(26)28-13)30-17-18(7,19)12(23)15(25)29-17/h5-13,17,21-23H,4H2,1-3H3. The molecule has 6 fully saturated rings. The molecule has 4 saturated heterocycles. The second-order valence-corrected chi connectivity index (χ2v) is 10.0. The Bertz CT molecular complexity index is 887. The Morgan fingerprint density at radius 3 is 2.40 bits per heavy atom. The summed E-state index contributed by atoms with van der Waals surface area (Å²) < 4.78 is 22.6. The first kappa shape index (κ1) is 19.0. The number of esters is 3. The third-order valence-corrected chi connectivity index (χ3v) is 8.72. The largest absolute Gasteiger partial charge is 0.459 e. The molecule has 4 aliphatic heterocycles. The second-order valence-electron chi connectivity index (χ2n) is 10.0. The van der Waals surface area contributed by atoms with E-state index in [-0.39, 0.29) is 5.92 Å². The van der Waals surface area contributed by atoms with Gasteiger partial charge in [0.1, 0.15) is 18.3 Å². The van der Waals surface area contributed by atoms with Gasteiger partial charge in [-0.05, 0) is 12.3 Å². The molecule has 0 aromatic rings. The molecule has 12 unspecified atom stereocenters. The number of aliphatic hydroxyl groups is 3. The summed E-state index contributed by atoms with van der Waals surface area (Å²) in [7, 11) is 0. The fourth-order valence-corrected chi connectivity index (χ4v) is 8.04. The van der Waals surface area contributed by atoms with Gasteiger partial charge in [0.05, 0.1) is 28.8 Å². The molecule has 0 bridgehead atoms. The van der Waals surface area contributed by atoms with E-state index < -0.39 is 88.9 Å². The molecule has 30 heavy (non-hydrogen) atoms. The van der Waals surface area contributed by atoms with Crippen LogP contribution in [0.25, 0.3) is 0 Å². The van der Waals surface area contributed by atoms with Crippen molar-refractivity contribution >= 4 is 17.9 Å². The van der Waals surface area contributed by atoms with E-state index in [9.17, 15) is 29.7 Å². The molecule has 164 valence electrons. The summed E-state index contributed by atoms with van der Waals surface area (Å²) in [5.74, 6) is -4.71. The van der Waals surface area contributed by atoms with Gasteiger partial charge < -0.3 is 34.3 Å². The predicted octanol–water partition coefficient (Wildman–Crippen LogP) is -1.51. The topological polar surface area (TPSA) is 149 Å². The quantitative estimate of drug-likeness (QED) is 0.353. The van der Waals surface area contributed by atoms with Gasteiger partial charge in [0.25, 0.3) is 0 Å². The van der Waals surface area contributed by atoms with Crippen LogP contribution in [-0.2, 0) is 33.3 Å². The third-order valence-electron chi connectivity index (χ3n) is 8.72. The Morgan fingerprint density at radius 1 is 1.03 bits per heavy atom. The molecule has 0 aromatic carbocycles. The highest BCUT2D eigenvalue weighted by Gasteiger charge is 3.01. The fraction of sp³-hybridized carbons (Fsp3) is 0.850. The number of hydrogen-bond acceptors (Lipinski definition) is 10. The Kier molecular flexibility index (Phi) is 3.27. The van der Waals surface area contributed by atoms with Gasteiger partial charge in [0.2, 0.25) is 6.29 Å². The van der Waals surface area contributed by atoms with E-state index in [1.54, 1.807) is 6.92 Å². The second kappa shape index (κ2) is 5.17. The summed E-state index contributed by atoms with van der Waals surface area (Å²) in [5.41, 5.74) is -5.16. The Labute approximate surface area is 171 Å². The first-order valence-corrected chi connectivity index (χ1v) is 10.4. The summed E-state index contributed by atoms with van der Waals surface area (Å²) in [6.45, 7) is 5.43. The number of hydrogen-bond donors (Lipinski definition) is 3. The van der Waals surface area contributed by atoms with Crippen LogP contribution in [-0.4, -0.2) is 75.6 Å². The maximum Gasteiger partial charge on any atom is 0.340 e. The van der Waals surface area contributed by atoms with Gasteiger partial charge in [0.15, 0.2) is 11.7 Å². The van der Waals surface area contributed by atoms with E-state index in [2.05, 4.69) is 0 Å². The summed E-state index contributed by atoms with van der Waals surface area (Å²) in [4.78, 5) is 38.1. The molecule has 0 amide bonds. The maximum atomic E-state index is 13.3. The summed E-state index contributed by atoms with van der Waals surface area (Å²) in [5, 5.41) is 34.1. The first-order chi connectivity index (χ1) is 14.1. The zero-order chi connectivity index (χ0) is 21.5. The van der Waals surface area contributed by atoms with E-state index in [0.29, 0.717) is 6.42 Å². The van der Waals surface area contributed by atoms with Crippen LogP contribution in [0.1, 0.15) is 27.2 Å². The summed E-state index contributed by atoms with van der Waals surface area (Å²) >= 11 is 0. The zero-order valence-electron chi connectivity index (χ0n) is 16.7. The molecule has 12 atom stereocenters. The lowest BCUT2D eigenvalue weighted by Crippen LogP contribution is -2.62. The van der Waals surface area contributed by atoms with Crippen molar-refractivity contribution < 1.29 is 48.7 Å². The van der Waals surface area contributed by atoms with Crippen LogP contribution in [0.4, 0.5) is 0 Å². The normalized spacial score (nSPS) is 59.7. The average molecular weight is 424 g/mol. The zero-order valence-corrected chi connectivity index (χ0v) is 16.7. The SMILES string of the molecule is CC(C)CC1C(O)C2OC(=O)C34OC5OC(=O)C(O)C51C23C(O)C1OC(=O)C(C)C14. The highest BCUT2D eigenvalue weighted by Crippen LogP contribution is 2.82.